The predicted octanol–water partition coefficient (Wildman–Crippen LogP) is 2.60. The Morgan fingerprint density at radius 2 is 1.88 bits per heavy atom. The fourth-order valence-corrected chi connectivity index (χ4v) is 2.01. The highest BCUT2D eigenvalue weighted by molar-refractivity contribution is 5.67. The van der Waals surface area contributed by atoms with Gasteiger partial charge >= 0.3 is 6.09 Å². The lowest BCUT2D eigenvalue weighted by Crippen LogP contribution is -2.26. The normalized spacial score (nSPS) is 10.3. The highest BCUT2D eigenvalue weighted by Gasteiger charge is 2.09. The zero-order valence-corrected chi connectivity index (χ0v) is 12.9. The van der Waals surface area contributed by atoms with Crippen LogP contribution in [0.25, 0.3) is 11.5 Å². The van der Waals surface area contributed by atoms with Crippen molar-refractivity contribution in [3.63, 3.8) is 0 Å². The van der Waals surface area contributed by atoms with Crippen LogP contribution in [0.2, 0.25) is 0 Å². The van der Waals surface area contributed by atoms with Crippen LogP contribution in [-0.2, 0) is 17.8 Å². The van der Waals surface area contributed by atoms with Gasteiger partial charge in [0.2, 0.25) is 11.8 Å². The molecule has 0 aliphatic heterocycles. The average molecular weight is 324 g/mol. The summed E-state index contributed by atoms with van der Waals surface area (Å²) in [5.74, 6) is 0.879. The molecule has 0 atom stereocenters. The summed E-state index contributed by atoms with van der Waals surface area (Å²) in [4.78, 5) is 15.6. The van der Waals surface area contributed by atoms with E-state index in [1.807, 2.05) is 30.3 Å². The van der Waals surface area contributed by atoms with Crippen LogP contribution in [0.15, 0.2) is 59.3 Å². The van der Waals surface area contributed by atoms with Crippen LogP contribution in [-0.4, -0.2) is 27.8 Å². The van der Waals surface area contributed by atoms with Gasteiger partial charge in [0.15, 0.2) is 0 Å². The first-order valence-corrected chi connectivity index (χ1v) is 7.48. The standard InChI is InChI=1S/C17H16N4O3/c22-17(23-12-13-4-2-1-3-5-13)19-11-8-15-20-21-16(24-15)14-6-9-18-10-7-14/h1-7,9-10H,8,11-12H2,(H,19,22). The molecule has 1 aromatic carbocycles. The minimum absolute atomic E-state index is 0.236. The van der Waals surface area contributed by atoms with Gasteiger partial charge < -0.3 is 14.5 Å². The molecule has 0 saturated heterocycles. The van der Waals surface area contributed by atoms with Gasteiger partial charge in [-0.2, -0.15) is 0 Å². The first kappa shape index (κ1) is 15.7. The predicted molar refractivity (Wildman–Crippen MR) is 85.9 cm³/mol. The molecule has 122 valence electrons. The number of carbonyl (C=O) groups is 1. The van der Waals surface area contributed by atoms with Crippen LogP contribution < -0.4 is 5.32 Å². The number of nitrogens with one attached hydrogen (secondary N) is 1. The molecule has 0 bridgehead atoms. The van der Waals surface area contributed by atoms with E-state index in [1.54, 1.807) is 24.5 Å². The second-order valence-electron chi connectivity index (χ2n) is 4.98. The Balaban J connectivity index is 1.42. The molecule has 1 amide bonds. The smallest absolute Gasteiger partial charge is 0.407 e. The first-order chi connectivity index (χ1) is 11.8. The number of amides is 1. The van der Waals surface area contributed by atoms with E-state index in [-0.39, 0.29) is 6.61 Å². The molecule has 24 heavy (non-hydrogen) atoms. The molecule has 0 aliphatic carbocycles. The van der Waals surface area contributed by atoms with E-state index < -0.39 is 6.09 Å². The molecule has 0 saturated carbocycles. The molecule has 2 heterocycles. The van der Waals surface area contributed by atoms with Gasteiger partial charge in [0, 0.05) is 30.9 Å². The number of aromatic nitrogens is 3. The Hall–Kier alpha value is -3.22. The summed E-state index contributed by atoms with van der Waals surface area (Å²) in [7, 11) is 0. The van der Waals surface area contributed by atoms with E-state index in [4.69, 9.17) is 9.15 Å². The number of nitrogens with zero attached hydrogens (tertiary/aromatic N) is 3. The lowest BCUT2D eigenvalue weighted by Gasteiger charge is -2.05. The molecule has 1 N–H and O–H groups in total. The lowest BCUT2D eigenvalue weighted by molar-refractivity contribution is 0.139. The van der Waals surface area contributed by atoms with Crippen molar-refractivity contribution in [2.75, 3.05) is 6.54 Å². The first-order valence-electron chi connectivity index (χ1n) is 7.48. The molecule has 0 radical (unpaired) electrons. The van der Waals surface area contributed by atoms with Crippen molar-refractivity contribution in [2.45, 2.75) is 13.0 Å². The molecule has 2 aromatic heterocycles. The van der Waals surface area contributed by atoms with Gasteiger partial charge in [0.05, 0.1) is 0 Å². The third-order valence-corrected chi connectivity index (χ3v) is 3.22. The Morgan fingerprint density at radius 1 is 1.08 bits per heavy atom. The van der Waals surface area contributed by atoms with E-state index >= 15 is 0 Å². The fraction of sp³-hybridized carbons (Fsp3) is 0.176. The summed E-state index contributed by atoms with van der Waals surface area (Å²) >= 11 is 0. The van der Waals surface area contributed by atoms with Crippen molar-refractivity contribution >= 4 is 6.09 Å². The van der Waals surface area contributed by atoms with Crippen LogP contribution in [0.3, 0.4) is 0 Å². The molecule has 0 unspecified atom stereocenters. The summed E-state index contributed by atoms with van der Waals surface area (Å²) in [5.41, 5.74) is 1.74. The second-order valence-corrected chi connectivity index (χ2v) is 4.98. The van der Waals surface area contributed by atoms with Crippen LogP contribution in [0.5, 0.6) is 0 Å². The molecule has 0 aliphatic rings. The van der Waals surface area contributed by atoms with E-state index in [0.29, 0.717) is 24.7 Å². The number of carbonyl (C=O) groups excluding carboxylic acids is 1. The highest BCUT2D eigenvalue weighted by Crippen LogP contribution is 2.16. The number of ether oxygens (including phenoxy) is 1. The third kappa shape index (κ3) is 4.39. The van der Waals surface area contributed by atoms with Crippen LogP contribution >= 0.6 is 0 Å². The number of alkyl carbamates (subject to hydrolysis) is 1. The molecule has 0 fully saturated rings. The van der Waals surface area contributed by atoms with Crippen LogP contribution in [0.1, 0.15) is 11.5 Å². The SMILES string of the molecule is O=C(NCCc1nnc(-c2ccncc2)o1)OCc1ccccc1. The minimum Gasteiger partial charge on any atom is -0.445 e. The average Bonchev–Trinajstić information content (AvgIpc) is 3.11. The van der Waals surface area contributed by atoms with Crippen molar-refractivity contribution in [3.05, 3.63) is 66.3 Å². The number of hydrogen-bond donors (Lipinski definition) is 1. The number of hydrogen-bond acceptors (Lipinski definition) is 6. The number of benzene rings is 1. The largest absolute Gasteiger partial charge is 0.445 e. The molecule has 0 spiro atoms. The van der Waals surface area contributed by atoms with E-state index in [9.17, 15) is 4.79 Å². The Kier molecular flexibility index (Phi) is 5.14. The monoisotopic (exact) mass is 324 g/mol. The van der Waals surface area contributed by atoms with Gasteiger partial charge in [-0.3, -0.25) is 4.98 Å². The second kappa shape index (κ2) is 7.87. The summed E-state index contributed by atoms with van der Waals surface area (Å²) in [6, 6.07) is 13.1. The van der Waals surface area contributed by atoms with Crippen molar-refractivity contribution < 1.29 is 13.9 Å². The zero-order chi connectivity index (χ0) is 16.6. The zero-order valence-electron chi connectivity index (χ0n) is 12.9. The van der Waals surface area contributed by atoms with Crippen molar-refractivity contribution in [1.29, 1.82) is 0 Å². The summed E-state index contributed by atoms with van der Waals surface area (Å²) in [6.07, 6.45) is 3.26. The van der Waals surface area contributed by atoms with Gasteiger partial charge in [-0.15, -0.1) is 10.2 Å². The van der Waals surface area contributed by atoms with Gasteiger partial charge in [0.1, 0.15) is 6.61 Å². The highest BCUT2D eigenvalue weighted by atomic mass is 16.5. The Morgan fingerprint density at radius 3 is 2.67 bits per heavy atom. The fourth-order valence-electron chi connectivity index (χ4n) is 2.01. The summed E-state index contributed by atoms with van der Waals surface area (Å²) in [6.45, 7) is 0.588. The van der Waals surface area contributed by atoms with Crippen molar-refractivity contribution in [2.24, 2.45) is 0 Å². The molecule has 7 heteroatoms. The van der Waals surface area contributed by atoms with Crippen LogP contribution in [0, 0.1) is 0 Å². The minimum atomic E-state index is -0.479. The summed E-state index contributed by atoms with van der Waals surface area (Å²) in [5, 5.41) is 10.6. The maximum Gasteiger partial charge on any atom is 0.407 e. The number of rotatable bonds is 6. The van der Waals surface area contributed by atoms with Crippen molar-refractivity contribution in [1.82, 2.24) is 20.5 Å². The van der Waals surface area contributed by atoms with Crippen molar-refractivity contribution in [3.8, 4) is 11.5 Å². The van der Waals surface area contributed by atoms with Gasteiger partial charge in [0.25, 0.3) is 0 Å². The lowest BCUT2D eigenvalue weighted by atomic mass is 10.2. The van der Waals surface area contributed by atoms with Crippen LogP contribution in [0.4, 0.5) is 4.79 Å². The maximum absolute atomic E-state index is 11.6. The topological polar surface area (TPSA) is 90.1 Å². The number of pyridine rings is 1. The van der Waals surface area contributed by atoms with Gasteiger partial charge in [-0.05, 0) is 17.7 Å². The van der Waals surface area contributed by atoms with Gasteiger partial charge in [-0.25, -0.2) is 4.79 Å². The molecule has 7 nitrogen and oxygen atoms in total. The summed E-state index contributed by atoms with van der Waals surface area (Å²) < 4.78 is 10.7. The molecule has 3 aromatic rings. The Bertz CT molecular complexity index is 775. The maximum atomic E-state index is 11.6. The van der Waals surface area contributed by atoms with Gasteiger partial charge in [-0.1, -0.05) is 30.3 Å². The molecular formula is C17H16N4O3. The Labute approximate surface area is 138 Å². The third-order valence-electron chi connectivity index (χ3n) is 3.22. The van der Waals surface area contributed by atoms with E-state index in [1.165, 1.54) is 0 Å². The quantitative estimate of drug-likeness (QED) is 0.749. The van der Waals surface area contributed by atoms with E-state index in [0.717, 1.165) is 11.1 Å². The molecular weight excluding hydrogens is 308 g/mol. The van der Waals surface area contributed by atoms with E-state index in [2.05, 4.69) is 20.5 Å². The molecule has 3 rings (SSSR count).